The molecular weight excluding hydrogens is 262 g/mol. The first-order chi connectivity index (χ1) is 10.3. The van der Waals surface area contributed by atoms with Crippen molar-refractivity contribution in [2.45, 2.75) is 50.8 Å². The van der Waals surface area contributed by atoms with Gasteiger partial charge in [-0.2, -0.15) is 0 Å². The Hall–Kier alpha value is -1.32. The molecule has 0 saturated heterocycles. The van der Waals surface area contributed by atoms with Crippen LogP contribution in [0.2, 0.25) is 0 Å². The molecule has 0 aliphatic heterocycles. The second-order valence-corrected chi connectivity index (χ2v) is 6.18. The lowest BCUT2D eigenvalue weighted by Crippen LogP contribution is -2.26. The van der Waals surface area contributed by atoms with Crippen LogP contribution in [-0.4, -0.2) is 23.9 Å². The summed E-state index contributed by atoms with van der Waals surface area (Å²) in [6.45, 7) is 1.06. The van der Waals surface area contributed by atoms with Crippen molar-refractivity contribution in [3.63, 3.8) is 0 Å². The normalized spacial score (nSPS) is 25.6. The van der Waals surface area contributed by atoms with E-state index >= 15 is 0 Å². The minimum atomic E-state index is 0.246. The van der Waals surface area contributed by atoms with Gasteiger partial charge in [0.1, 0.15) is 5.75 Å². The number of benzene rings is 1. The maximum atomic E-state index is 9.17. The van der Waals surface area contributed by atoms with Crippen LogP contribution in [0, 0.1) is 5.92 Å². The molecule has 0 radical (unpaired) electrons. The van der Waals surface area contributed by atoms with Crippen molar-refractivity contribution in [3.05, 3.63) is 42.0 Å². The maximum absolute atomic E-state index is 9.17. The Morgan fingerprint density at radius 1 is 1.14 bits per heavy atom. The molecule has 1 fully saturated rings. The minimum Gasteiger partial charge on any atom is -0.490 e. The van der Waals surface area contributed by atoms with E-state index in [1.165, 1.54) is 31.2 Å². The molecule has 0 spiro atoms. The van der Waals surface area contributed by atoms with Gasteiger partial charge in [-0.25, -0.2) is 0 Å². The van der Waals surface area contributed by atoms with Crippen molar-refractivity contribution < 1.29 is 9.84 Å². The van der Waals surface area contributed by atoms with Gasteiger partial charge >= 0.3 is 0 Å². The van der Waals surface area contributed by atoms with Gasteiger partial charge in [0.2, 0.25) is 0 Å². The second kappa shape index (κ2) is 7.10. The first kappa shape index (κ1) is 14.6. The molecule has 1 aromatic carbocycles. The summed E-state index contributed by atoms with van der Waals surface area (Å²) < 4.78 is 6.17. The first-order valence-electron chi connectivity index (χ1n) is 8.12. The second-order valence-electron chi connectivity index (χ2n) is 6.18. The van der Waals surface area contributed by atoms with Crippen LogP contribution in [0.4, 0.5) is 0 Å². The molecule has 3 rings (SSSR count). The number of aliphatic hydroxyl groups is 1. The number of para-hydroxylation sites is 1. The van der Waals surface area contributed by atoms with Gasteiger partial charge in [-0.15, -0.1) is 0 Å². The molecule has 21 heavy (non-hydrogen) atoms. The fourth-order valence-electron chi connectivity index (χ4n) is 3.25. The molecule has 3 heteroatoms. The standard InChI is InChI=1S/C18H25NO2/c20-13-14-9-10-16(11-14)19-12-15-5-1-4-8-18(15)21-17-6-2-3-7-17/h1,4-5,8-10,14,16-17,19-20H,2-3,6-7,11-13H2/t14-,16+/m0/s1. The van der Waals surface area contributed by atoms with E-state index in [9.17, 15) is 5.11 Å². The van der Waals surface area contributed by atoms with Crippen molar-refractivity contribution in [2.75, 3.05) is 6.61 Å². The lowest BCUT2D eigenvalue weighted by molar-refractivity contribution is 0.207. The molecule has 3 nitrogen and oxygen atoms in total. The molecule has 2 aliphatic rings. The number of nitrogens with one attached hydrogen (secondary N) is 1. The number of hydrogen-bond donors (Lipinski definition) is 2. The number of aliphatic hydroxyl groups excluding tert-OH is 1. The van der Waals surface area contributed by atoms with Crippen molar-refractivity contribution in [3.8, 4) is 5.75 Å². The monoisotopic (exact) mass is 287 g/mol. The molecule has 114 valence electrons. The molecule has 0 heterocycles. The fourth-order valence-corrected chi connectivity index (χ4v) is 3.25. The molecule has 0 amide bonds. The summed E-state index contributed by atoms with van der Waals surface area (Å²) >= 11 is 0. The summed E-state index contributed by atoms with van der Waals surface area (Å²) in [5, 5.41) is 12.7. The third-order valence-electron chi connectivity index (χ3n) is 4.53. The van der Waals surface area contributed by atoms with Crippen LogP contribution in [0.1, 0.15) is 37.7 Å². The quantitative estimate of drug-likeness (QED) is 0.790. The average molecular weight is 287 g/mol. The van der Waals surface area contributed by atoms with E-state index in [2.05, 4.69) is 35.7 Å². The van der Waals surface area contributed by atoms with E-state index in [1.54, 1.807) is 0 Å². The average Bonchev–Trinajstić information content (AvgIpc) is 3.17. The van der Waals surface area contributed by atoms with E-state index in [0.29, 0.717) is 18.1 Å². The smallest absolute Gasteiger partial charge is 0.124 e. The summed E-state index contributed by atoms with van der Waals surface area (Å²) in [7, 11) is 0. The van der Waals surface area contributed by atoms with Crippen molar-refractivity contribution in [1.82, 2.24) is 5.32 Å². The highest BCUT2D eigenvalue weighted by molar-refractivity contribution is 5.33. The molecule has 2 N–H and O–H groups in total. The van der Waals surface area contributed by atoms with Crippen LogP contribution in [0.25, 0.3) is 0 Å². The number of ether oxygens (including phenoxy) is 1. The molecule has 1 aromatic rings. The van der Waals surface area contributed by atoms with Crippen LogP contribution in [0.3, 0.4) is 0 Å². The van der Waals surface area contributed by atoms with E-state index in [0.717, 1.165) is 18.7 Å². The van der Waals surface area contributed by atoms with Gasteiger partial charge in [0.25, 0.3) is 0 Å². The third kappa shape index (κ3) is 3.86. The van der Waals surface area contributed by atoms with Gasteiger partial charge in [0.15, 0.2) is 0 Å². The van der Waals surface area contributed by atoms with Crippen molar-refractivity contribution in [1.29, 1.82) is 0 Å². The molecular formula is C18H25NO2. The lowest BCUT2D eigenvalue weighted by atomic mass is 10.1. The highest BCUT2D eigenvalue weighted by Gasteiger charge is 2.19. The van der Waals surface area contributed by atoms with Crippen LogP contribution in [0.15, 0.2) is 36.4 Å². The lowest BCUT2D eigenvalue weighted by Gasteiger charge is -2.18. The van der Waals surface area contributed by atoms with Gasteiger partial charge in [-0.1, -0.05) is 30.4 Å². The summed E-state index contributed by atoms with van der Waals surface area (Å²) in [6, 6.07) is 8.70. The van der Waals surface area contributed by atoms with E-state index < -0.39 is 0 Å². The molecule has 0 bridgehead atoms. The van der Waals surface area contributed by atoms with Crippen molar-refractivity contribution in [2.24, 2.45) is 5.92 Å². The van der Waals surface area contributed by atoms with Crippen LogP contribution in [0.5, 0.6) is 5.75 Å². The van der Waals surface area contributed by atoms with E-state index in [4.69, 9.17) is 4.74 Å². The topological polar surface area (TPSA) is 41.5 Å². The summed E-state index contributed by atoms with van der Waals surface area (Å²) in [6.07, 6.45) is 10.6. The zero-order valence-corrected chi connectivity index (χ0v) is 12.5. The molecule has 2 atom stereocenters. The molecule has 1 saturated carbocycles. The predicted molar refractivity (Wildman–Crippen MR) is 84.3 cm³/mol. The molecule has 0 aromatic heterocycles. The number of rotatable bonds is 6. The molecule has 0 unspecified atom stereocenters. The highest BCUT2D eigenvalue weighted by Crippen LogP contribution is 2.27. The zero-order chi connectivity index (χ0) is 14.5. The van der Waals surface area contributed by atoms with Crippen molar-refractivity contribution >= 4 is 0 Å². The highest BCUT2D eigenvalue weighted by atomic mass is 16.5. The van der Waals surface area contributed by atoms with Crippen LogP contribution >= 0.6 is 0 Å². The van der Waals surface area contributed by atoms with Gasteiger partial charge < -0.3 is 15.2 Å². The Morgan fingerprint density at radius 2 is 1.95 bits per heavy atom. The number of hydrogen-bond acceptors (Lipinski definition) is 3. The summed E-state index contributed by atoms with van der Waals surface area (Å²) in [5.41, 5.74) is 1.23. The van der Waals surface area contributed by atoms with Crippen LogP contribution < -0.4 is 10.1 Å². The summed E-state index contributed by atoms with van der Waals surface area (Å²) in [4.78, 5) is 0. The minimum absolute atomic E-state index is 0.246. The first-order valence-corrected chi connectivity index (χ1v) is 8.12. The summed E-state index contributed by atoms with van der Waals surface area (Å²) in [5.74, 6) is 1.34. The SMILES string of the molecule is OC[C@H]1C=C[C@@H](NCc2ccccc2OC2CCCC2)C1. The van der Waals surface area contributed by atoms with Crippen LogP contribution in [-0.2, 0) is 6.54 Å². The van der Waals surface area contributed by atoms with E-state index in [1.807, 2.05) is 6.07 Å². The maximum Gasteiger partial charge on any atom is 0.124 e. The Labute approximate surface area is 127 Å². The Kier molecular flexibility index (Phi) is 4.94. The fraction of sp³-hybridized carbons (Fsp3) is 0.556. The van der Waals surface area contributed by atoms with Gasteiger partial charge in [0, 0.05) is 30.7 Å². The van der Waals surface area contributed by atoms with E-state index in [-0.39, 0.29) is 6.61 Å². The third-order valence-corrected chi connectivity index (χ3v) is 4.53. The molecule has 2 aliphatic carbocycles. The zero-order valence-electron chi connectivity index (χ0n) is 12.5. The Bertz CT molecular complexity index is 480. The van der Waals surface area contributed by atoms with Gasteiger partial charge in [-0.05, 0) is 38.2 Å². The Balaban J connectivity index is 1.56. The Morgan fingerprint density at radius 3 is 2.71 bits per heavy atom. The van der Waals surface area contributed by atoms with Gasteiger partial charge in [-0.3, -0.25) is 0 Å². The predicted octanol–water partition coefficient (Wildman–Crippen LogP) is 3.03. The largest absolute Gasteiger partial charge is 0.490 e. The van der Waals surface area contributed by atoms with Gasteiger partial charge in [0.05, 0.1) is 6.10 Å².